The molecule has 7 rings (SSSR count). The Labute approximate surface area is 212 Å². The summed E-state index contributed by atoms with van der Waals surface area (Å²) in [5.41, 5.74) is 3.73. The third kappa shape index (κ3) is 3.63. The van der Waals surface area contributed by atoms with Crippen LogP contribution in [0.15, 0.2) is 97.3 Å². The van der Waals surface area contributed by atoms with E-state index in [-0.39, 0.29) is 12.5 Å². The third-order valence-corrected chi connectivity index (χ3v) is 6.71. The van der Waals surface area contributed by atoms with Crippen LogP contribution in [-0.2, 0) is 6.61 Å². The molecule has 1 aliphatic rings. The number of nitrogens with zero attached hydrogens (tertiary/aromatic N) is 4. The number of ether oxygens (including phenoxy) is 3. The van der Waals surface area contributed by atoms with Crippen LogP contribution in [0, 0.1) is 0 Å². The molecule has 0 fully saturated rings. The first-order chi connectivity index (χ1) is 18.3. The highest BCUT2D eigenvalue weighted by Gasteiger charge is 2.34. The average Bonchev–Trinajstić information content (AvgIpc) is 3.39. The Morgan fingerprint density at radius 2 is 1.65 bits per heavy atom. The SMILES string of the molecule is COc1ccc([C@H]2c3c(ccc4ccccc34)Oc3ncn4nc(COc5ccccc5)nc4c32)cc1. The highest BCUT2D eigenvalue weighted by Crippen LogP contribution is 2.50. The van der Waals surface area contributed by atoms with Crippen LogP contribution < -0.4 is 14.2 Å². The van der Waals surface area contributed by atoms with Crippen LogP contribution in [0.1, 0.15) is 28.4 Å². The number of hydrogen-bond acceptors (Lipinski definition) is 6. The van der Waals surface area contributed by atoms with Crippen molar-refractivity contribution in [3.8, 4) is 23.1 Å². The molecule has 0 radical (unpaired) electrons. The largest absolute Gasteiger partial charge is 0.497 e. The second-order valence-corrected chi connectivity index (χ2v) is 8.87. The van der Waals surface area contributed by atoms with Gasteiger partial charge in [0.25, 0.3) is 0 Å². The number of aromatic nitrogens is 4. The number of benzene rings is 4. The van der Waals surface area contributed by atoms with Crippen LogP contribution in [0.5, 0.6) is 23.1 Å². The highest BCUT2D eigenvalue weighted by molar-refractivity contribution is 5.90. The van der Waals surface area contributed by atoms with Crippen molar-refractivity contribution in [1.82, 2.24) is 19.6 Å². The molecule has 2 aromatic heterocycles. The quantitative estimate of drug-likeness (QED) is 0.291. The van der Waals surface area contributed by atoms with Crippen LogP contribution in [0.4, 0.5) is 0 Å². The van der Waals surface area contributed by atoms with Gasteiger partial charge in [0.2, 0.25) is 5.88 Å². The summed E-state index contributed by atoms with van der Waals surface area (Å²) >= 11 is 0. The Kier molecular flexibility index (Phi) is 4.99. The van der Waals surface area contributed by atoms with Gasteiger partial charge < -0.3 is 14.2 Å². The Balaban J connectivity index is 1.41. The van der Waals surface area contributed by atoms with Crippen LogP contribution in [0.25, 0.3) is 16.4 Å². The molecule has 7 heteroatoms. The molecule has 0 saturated heterocycles. The molecule has 4 aromatic carbocycles. The van der Waals surface area contributed by atoms with Gasteiger partial charge in [-0.25, -0.2) is 14.5 Å². The zero-order valence-electron chi connectivity index (χ0n) is 20.0. The first-order valence-electron chi connectivity index (χ1n) is 12.0. The lowest BCUT2D eigenvalue weighted by atomic mass is 9.81. The van der Waals surface area contributed by atoms with Crippen LogP contribution in [-0.4, -0.2) is 26.7 Å². The van der Waals surface area contributed by atoms with Crippen molar-refractivity contribution in [2.75, 3.05) is 7.11 Å². The molecule has 0 bridgehead atoms. The van der Waals surface area contributed by atoms with E-state index in [1.165, 1.54) is 0 Å². The van der Waals surface area contributed by atoms with E-state index in [9.17, 15) is 0 Å². The number of fused-ring (bicyclic) bond motifs is 6. The van der Waals surface area contributed by atoms with E-state index >= 15 is 0 Å². The second-order valence-electron chi connectivity index (χ2n) is 8.87. The van der Waals surface area contributed by atoms with Crippen molar-refractivity contribution < 1.29 is 14.2 Å². The predicted octanol–water partition coefficient (Wildman–Crippen LogP) is 6.15. The molecule has 6 aromatic rings. The molecule has 0 N–H and O–H groups in total. The zero-order chi connectivity index (χ0) is 24.8. The van der Waals surface area contributed by atoms with Crippen LogP contribution in [0.3, 0.4) is 0 Å². The monoisotopic (exact) mass is 486 g/mol. The maximum Gasteiger partial charge on any atom is 0.228 e. The Hall–Kier alpha value is -4.91. The molecule has 3 heterocycles. The topological polar surface area (TPSA) is 70.8 Å². The average molecular weight is 487 g/mol. The van der Waals surface area contributed by atoms with Gasteiger partial charge in [-0.2, -0.15) is 0 Å². The number of rotatable bonds is 5. The summed E-state index contributed by atoms with van der Waals surface area (Å²) in [6.45, 7) is 0.244. The van der Waals surface area contributed by atoms with Crippen molar-refractivity contribution in [2.24, 2.45) is 0 Å². The Bertz CT molecular complexity index is 1750. The fourth-order valence-corrected chi connectivity index (χ4v) is 5.00. The van der Waals surface area contributed by atoms with Gasteiger partial charge in [0.15, 0.2) is 11.5 Å². The molecule has 1 atom stereocenters. The van der Waals surface area contributed by atoms with E-state index < -0.39 is 0 Å². The van der Waals surface area contributed by atoms with Crippen molar-refractivity contribution in [3.05, 3.63) is 120 Å². The maximum absolute atomic E-state index is 6.38. The third-order valence-electron chi connectivity index (χ3n) is 6.71. The number of hydrogen-bond donors (Lipinski definition) is 0. The summed E-state index contributed by atoms with van der Waals surface area (Å²) in [6, 6.07) is 30.2. The van der Waals surface area contributed by atoms with Crippen LogP contribution in [0.2, 0.25) is 0 Å². The molecule has 1 aliphatic heterocycles. The summed E-state index contributed by atoms with van der Waals surface area (Å²) in [4.78, 5) is 9.53. The summed E-state index contributed by atoms with van der Waals surface area (Å²) < 4.78 is 19.4. The van der Waals surface area contributed by atoms with Crippen molar-refractivity contribution >= 4 is 16.4 Å². The van der Waals surface area contributed by atoms with Gasteiger partial charge in [-0.3, -0.25) is 0 Å². The van der Waals surface area contributed by atoms with Crippen molar-refractivity contribution in [3.63, 3.8) is 0 Å². The Morgan fingerprint density at radius 3 is 2.49 bits per heavy atom. The fourth-order valence-electron chi connectivity index (χ4n) is 5.00. The lowest BCUT2D eigenvalue weighted by Gasteiger charge is -2.29. The minimum atomic E-state index is -0.168. The first kappa shape index (κ1) is 21.4. The standard InChI is InChI=1S/C30H22N4O3/c1-35-21-14-11-20(12-15-21)26-27-23-10-6-5-7-19(23)13-16-24(27)37-30-28(26)29-32-25(33-34(29)18-31-30)17-36-22-8-3-2-4-9-22/h2-16,18,26H,17H2,1H3/t26-/m0/s1. The first-order valence-corrected chi connectivity index (χ1v) is 12.0. The molecule has 0 aliphatic carbocycles. The molecule has 37 heavy (non-hydrogen) atoms. The number of para-hydroxylation sites is 1. The van der Waals surface area contributed by atoms with Gasteiger partial charge in [0.1, 0.15) is 30.2 Å². The number of methoxy groups -OCH3 is 1. The van der Waals surface area contributed by atoms with Gasteiger partial charge in [-0.1, -0.05) is 60.7 Å². The summed E-state index contributed by atoms with van der Waals surface area (Å²) in [6.07, 6.45) is 1.64. The summed E-state index contributed by atoms with van der Waals surface area (Å²) in [5.74, 6) is 3.28. The molecular weight excluding hydrogens is 464 g/mol. The van der Waals surface area contributed by atoms with E-state index in [0.717, 1.165) is 44.7 Å². The maximum atomic E-state index is 6.38. The molecule has 0 unspecified atom stereocenters. The summed E-state index contributed by atoms with van der Waals surface area (Å²) in [5, 5.41) is 6.92. The molecule has 0 saturated carbocycles. The predicted molar refractivity (Wildman–Crippen MR) is 140 cm³/mol. The van der Waals surface area contributed by atoms with Crippen molar-refractivity contribution in [2.45, 2.75) is 12.5 Å². The van der Waals surface area contributed by atoms with E-state index in [4.69, 9.17) is 19.2 Å². The molecule has 0 spiro atoms. The second kappa shape index (κ2) is 8.64. The molecule has 7 nitrogen and oxygen atoms in total. The fraction of sp³-hybridized carbons (Fsp3) is 0.100. The van der Waals surface area contributed by atoms with Gasteiger partial charge >= 0.3 is 0 Å². The van der Waals surface area contributed by atoms with Crippen molar-refractivity contribution in [1.29, 1.82) is 0 Å². The minimum absolute atomic E-state index is 0.168. The minimum Gasteiger partial charge on any atom is -0.497 e. The molecule has 180 valence electrons. The molecular formula is C30H22N4O3. The van der Waals surface area contributed by atoms with E-state index in [2.05, 4.69) is 46.5 Å². The summed E-state index contributed by atoms with van der Waals surface area (Å²) in [7, 11) is 1.67. The van der Waals surface area contributed by atoms with Crippen LogP contribution >= 0.6 is 0 Å². The van der Waals surface area contributed by atoms with Gasteiger partial charge in [0, 0.05) is 11.5 Å². The lowest BCUT2D eigenvalue weighted by Crippen LogP contribution is -2.15. The van der Waals surface area contributed by atoms with E-state index in [1.807, 2.05) is 54.6 Å². The molecule has 0 amide bonds. The lowest BCUT2D eigenvalue weighted by molar-refractivity contribution is 0.296. The Morgan fingerprint density at radius 1 is 0.838 bits per heavy atom. The van der Waals surface area contributed by atoms with E-state index in [0.29, 0.717) is 17.4 Å². The highest BCUT2D eigenvalue weighted by atomic mass is 16.5. The van der Waals surface area contributed by atoms with Gasteiger partial charge in [-0.15, -0.1) is 5.10 Å². The smallest absolute Gasteiger partial charge is 0.228 e. The normalized spacial score (nSPS) is 14.1. The van der Waals surface area contributed by atoms with Gasteiger partial charge in [0.05, 0.1) is 12.7 Å². The van der Waals surface area contributed by atoms with Gasteiger partial charge in [-0.05, 0) is 46.7 Å². The van der Waals surface area contributed by atoms with E-state index in [1.54, 1.807) is 18.0 Å². The zero-order valence-corrected chi connectivity index (χ0v) is 20.0.